The Balaban J connectivity index is 1.75. The molecule has 7 heteroatoms. The Morgan fingerprint density at radius 3 is 2.62 bits per heavy atom. The highest BCUT2D eigenvalue weighted by molar-refractivity contribution is 6.30. The lowest BCUT2D eigenvalue weighted by Gasteiger charge is -2.14. The second-order valence-corrected chi connectivity index (χ2v) is 9.91. The summed E-state index contributed by atoms with van der Waals surface area (Å²) in [6.07, 6.45) is 0.814. The van der Waals surface area contributed by atoms with E-state index in [1.165, 1.54) is 6.07 Å². The van der Waals surface area contributed by atoms with Crippen molar-refractivity contribution in [2.45, 2.75) is 58.5 Å². The molecule has 0 bridgehead atoms. The lowest BCUT2D eigenvalue weighted by Crippen LogP contribution is -2.13. The van der Waals surface area contributed by atoms with E-state index in [1.807, 2.05) is 35.0 Å². The van der Waals surface area contributed by atoms with Crippen LogP contribution in [0.15, 0.2) is 48.5 Å². The van der Waals surface area contributed by atoms with Crippen LogP contribution in [0.1, 0.15) is 62.5 Å². The van der Waals surface area contributed by atoms with E-state index in [-0.39, 0.29) is 31.0 Å². The minimum atomic E-state index is -0.438. The van der Waals surface area contributed by atoms with Crippen LogP contribution in [0.5, 0.6) is 0 Å². The lowest BCUT2D eigenvalue weighted by molar-refractivity contribution is -0.120. The quantitative estimate of drug-likeness (QED) is 0.369. The Kier molecular flexibility index (Phi) is 8.63. The number of aliphatic hydroxyl groups is 1. The highest BCUT2D eigenvalue weighted by Gasteiger charge is 2.22. The molecule has 1 atom stereocenters. The predicted molar refractivity (Wildman–Crippen MR) is 132 cm³/mol. The van der Waals surface area contributed by atoms with Gasteiger partial charge in [-0.15, -0.1) is 0 Å². The van der Waals surface area contributed by atoms with Gasteiger partial charge in [-0.1, -0.05) is 57.5 Å². The number of nitrogens with zero attached hydrogens (tertiary/aromatic N) is 2. The molecule has 2 aromatic carbocycles. The van der Waals surface area contributed by atoms with E-state index in [4.69, 9.17) is 26.5 Å². The molecule has 0 aliphatic rings. The molecule has 3 rings (SSSR count). The van der Waals surface area contributed by atoms with Crippen LogP contribution < -0.4 is 0 Å². The molecule has 0 amide bonds. The van der Waals surface area contributed by atoms with Crippen molar-refractivity contribution in [1.29, 1.82) is 0 Å². The van der Waals surface area contributed by atoms with Gasteiger partial charge in [0.05, 0.1) is 31.2 Å². The number of benzene rings is 2. The number of ketones is 1. The maximum atomic E-state index is 14.5. The molecule has 1 unspecified atom stereocenters. The summed E-state index contributed by atoms with van der Waals surface area (Å²) in [6, 6.07) is 14.3. The molecular weight excluding hydrogens is 455 g/mol. The van der Waals surface area contributed by atoms with Gasteiger partial charge in [0.25, 0.3) is 0 Å². The van der Waals surface area contributed by atoms with Gasteiger partial charge in [0, 0.05) is 34.0 Å². The summed E-state index contributed by atoms with van der Waals surface area (Å²) in [6.45, 7) is 8.22. The first-order chi connectivity index (χ1) is 16.1. The lowest BCUT2D eigenvalue weighted by atomic mass is 9.91. The second-order valence-electron chi connectivity index (χ2n) is 9.48. The van der Waals surface area contributed by atoms with E-state index < -0.39 is 11.7 Å². The molecule has 1 heterocycles. The highest BCUT2D eigenvalue weighted by Crippen LogP contribution is 2.27. The van der Waals surface area contributed by atoms with Crippen LogP contribution in [0.2, 0.25) is 5.02 Å². The minimum absolute atomic E-state index is 0.0276. The van der Waals surface area contributed by atoms with E-state index in [0.717, 1.165) is 17.1 Å². The van der Waals surface area contributed by atoms with E-state index >= 15 is 0 Å². The highest BCUT2D eigenvalue weighted by atomic mass is 35.5. The number of rotatable bonds is 10. The van der Waals surface area contributed by atoms with Gasteiger partial charge in [0.1, 0.15) is 11.6 Å². The maximum absolute atomic E-state index is 14.5. The minimum Gasteiger partial charge on any atom is -0.394 e. The van der Waals surface area contributed by atoms with Crippen molar-refractivity contribution in [2.24, 2.45) is 0 Å². The van der Waals surface area contributed by atoms with Crippen LogP contribution in [-0.2, 0) is 28.0 Å². The molecule has 34 heavy (non-hydrogen) atoms. The maximum Gasteiger partial charge on any atom is 0.140 e. The number of Topliss-reactive ketones (excluding diaryl/α,β-unsaturated/α-hetero) is 1. The molecule has 0 saturated carbocycles. The molecular formula is C27H32ClFN2O3. The van der Waals surface area contributed by atoms with Gasteiger partial charge in [0.2, 0.25) is 0 Å². The van der Waals surface area contributed by atoms with Crippen molar-refractivity contribution in [2.75, 3.05) is 13.2 Å². The van der Waals surface area contributed by atoms with Crippen LogP contribution in [0.4, 0.5) is 4.39 Å². The smallest absolute Gasteiger partial charge is 0.140 e. The molecule has 5 nitrogen and oxygen atoms in total. The zero-order valence-corrected chi connectivity index (χ0v) is 20.9. The van der Waals surface area contributed by atoms with Crippen molar-refractivity contribution < 1.29 is 19.0 Å². The summed E-state index contributed by atoms with van der Waals surface area (Å²) in [5.41, 5.74) is 3.60. The van der Waals surface area contributed by atoms with Crippen LogP contribution >= 0.6 is 11.6 Å². The standard InChI is InChI=1S/C27H32ClFN2O3/c1-18(19-8-9-20(24(29)14-19)17-34-13-12-32)25(33)11-10-23-16-26(27(2,3)4)30-31(23)22-7-5-6-21(28)15-22/h5-9,14-16,18,32H,10-13,17H2,1-4H3. The number of aromatic nitrogens is 2. The molecule has 1 N–H and O–H groups in total. The van der Waals surface area contributed by atoms with Gasteiger partial charge in [-0.3, -0.25) is 4.79 Å². The van der Waals surface area contributed by atoms with Crippen molar-refractivity contribution in [3.05, 3.63) is 81.9 Å². The fourth-order valence-corrected chi connectivity index (χ4v) is 3.83. The Bertz CT molecular complexity index is 1140. The van der Waals surface area contributed by atoms with Crippen molar-refractivity contribution in [1.82, 2.24) is 9.78 Å². The average Bonchev–Trinajstić information content (AvgIpc) is 3.23. The summed E-state index contributed by atoms with van der Waals surface area (Å²) < 4.78 is 21.5. The zero-order chi connectivity index (χ0) is 24.9. The topological polar surface area (TPSA) is 64.4 Å². The van der Waals surface area contributed by atoms with Gasteiger partial charge >= 0.3 is 0 Å². The fraction of sp³-hybridized carbons (Fsp3) is 0.407. The first-order valence-electron chi connectivity index (χ1n) is 11.4. The first-order valence-corrected chi connectivity index (χ1v) is 11.8. The van der Waals surface area contributed by atoms with Crippen LogP contribution in [0, 0.1) is 5.82 Å². The van der Waals surface area contributed by atoms with Crippen molar-refractivity contribution in [3.63, 3.8) is 0 Å². The SMILES string of the molecule is CC(C(=O)CCc1cc(C(C)(C)C)nn1-c1cccc(Cl)c1)c1ccc(COCCO)c(F)c1. The Labute approximate surface area is 205 Å². The molecule has 0 saturated heterocycles. The largest absolute Gasteiger partial charge is 0.394 e. The predicted octanol–water partition coefficient (Wildman–Crippen LogP) is 5.78. The van der Waals surface area contributed by atoms with Crippen molar-refractivity contribution in [3.8, 4) is 5.69 Å². The third-order valence-electron chi connectivity index (χ3n) is 5.79. The van der Waals surface area contributed by atoms with E-state index in [2.05, 4.69) is 20.8 Å². The third-order valence-corrected chi connectivity index (χ3v) is 6.02. The number of halogens is 2. The van der Waals surface area contributed by atoms with Crippen LogP contribution in [0.25, 0.3) is 5.69 Å². The van der Waals surface area contributed by atoms with E-state index in [9.17, 15) is 9.18 Å². The molecule has 0 aliphatic heterocycles. The summed E-state index contributed by atoms with van der Waals surface area (Å²) >= 11 is 6.20. The first kappa shape index (κ1) is 26.1. The fourth-order valence-electron chi connectivity index (χ4n) is 3.65. The van der Waals surface area contributed by atoms with Gasteiger partial charge in [0.15, 0.2) is 0 Å². The number of hydrogen-bond acceptors (Lipinski definition) is 4. The Morgan fingerprint density at radius 1 is 1.21 bits per heavy atom. The van der Waals surface area contributed by atoms with Crippen LogP contribution in [-0.4, -0.2) is 33.9 Å². The summed E-state index contributed by atoms with van der Waals surface area (Å²) in [4.78, 5) is 13.0. The summed E-state index contributed by atoms with van der Waals surface area (Å²) in [5, 5.41) is 14.2. The van der Waals surface area contributed by atoms with Gasteiger partial charge < -0.3 is 9.84 Å². The van der Waals surface area contributed by atoms with E-state index in [1.54, 1.807) is 19.1 Å². The molecule has 1 aromatic heterocycles. The Morgan fingerprint density at radius 2 is 1.97 bits per heavy atom. The number of ether oxygens (including phenoxy) is 1. The molecule has 3 aromatic rings. The monoisotopic (exact) mass is 486 g/mol. The number of carbonyl (C=O) groups excluding carboxylic acids is 1. The van der Waals surface area contributed by atoms with Gasteiger partial charge in [-0.25, -0.2) is 9.07 Å². The molecule has 0 spiro atoms. The molecule has 0 fully saturated rings. The van der Waals surface area contributed by atoms with Crippen LogP contribution in [0.3, 0.4) is 0 Å². The van der Waals surface area contributed by atoms with Gasteiger partial charge in [-0.2, -0.15) is 5.10 Å². The molecule has 0 radical (unpaired) electrons. The van der Waals surface area contributed by atoms with Crippen molar-refractivity contribution >= 4 is 17.4 Å². The summed E-state index contributed by atoms with van der Waals surface area (Å²) in [5.74, 6) is -0.824. The summed E-state index contributed by atoms with van der Waals surface area (Å²) in [7, 11) is 0. The third kappa shape index (κ3) is 6.53. The van der Waals surface area contributed by atoms with E-state index in [0.29, 0.717) is 29.0 Å². The second kappa shape index (κ2) is 11.3. The normalized spacial score (nSPS) is 12.7. The molecule has 0 aliphatic carbocycles. The van der Waals surface area contributed by atoms with Gasteiger partial charge in [-0.05, 0) is 42.3 Å². The number of carbonyl (C=O) groups is 1. The Hall–Kier alpha value is -2.54. The molecule has 182 valence electrons. The number of aliphatic hydroxyl groups excluding tert-OH is 1. The zero-order valence-electron chi connectivity index (χ0n) is 20.1. The number of aryl methyl sites for hydroxylation is 1. The average molecular weight is 487 g/mol. The number of hydrogen-bond donors (Lipinski definition) is 1.